The molecule has 2 amide bonds. The number of nitrogens with zero attached hydrogens (tertiary/aromatic N) is 4. The van der Waals surface area contributed by atoms with Gasteiger partial charge in [-0.3, -0.25) is 19.3 Å². The van der Waals surface area contributed by atoms with Gasteiger partial charge in [0, 0.05) is 19.5 Å². The summed E-state index contributed by atoms with van der Waals surface area (Å²) in [7, 11) is 3.08. The van der Waals surface area contributed by atoms with E-state index in [9.17, 15) is 19.5 Å². The molecule has 1 aliphatic heterocycles. The molecule has 33 heavy (non-hydrogen) atoms. The van der Waals surface area contributed by atoms with Crippen molar-refractivity contribution >= 4 is 34.1 Å². The molecule has 0 bridgehead atoms. The van der Waals surface area contributed by atoms with Crippen LogP contribution in [0.15, 0.2) is 57.5 Å². The maximum atomic E-state index is 13.1. The molecule has 0 fully saturated rings. The zero-order valence-corrected chi connectivity index (χ0v) is 19.1. The van der Waals surface area contributed by atoms with Crippen molar-refractivity contribution in [2.24, 2.45) is 17.3 Å². The van der Waals surface area contributed by atoms with Crippen molar-refractivity contribution < 1.29 is 36.5 Å². The number of hydrogen-bond acceptors (Lipinski definition) is 7. The summed E-state index contributed by atoms with van der Waals surface area (Å²) in [5.41, 5.74) is 0.250. The van der Waals surface area contributed by atoms with Crippen LogP contribution in [0.3, 0.4) is 0 Å². The number of imide groups is 1. The molecule has 4 rings (SSSR count). The number of methoxy groups -OCH3 is 1. The number of carbonyl (C=O) groups is 2. The summed E-state index contributed by atoms with van der Waals surface area (Å²) in [5, 5.41) is 19.1. The van der Waals surface area contributed by atoms with Gasteiger partial charge in [0.05, 0.1) is 35.0 Å². The van der Waals surface area contributed by atoms with Gasteiger partial charge in [-0.05, 0) is 30.7 Å². The number of rotatable bonds is 6. The minimum absolute atomic E-state index is 0. The molecule has 3 aromatic rings. The van der Waals surface area contributed by atoms with Crippen molar-refractivity contribution in [2.75, 3.05) is 13.7 Å². The van der Waals surface area contributed by atoms with Gasteiger partial charge in [0.2, 0.25) is 0 Å². The van der Waals surface area contributed by atoms with E-state index in [4.69, 9.17) is 4.74 Å². The maximum Gasteiger partial charge on any atom is 2.00 e. The first-order valence-electron chi connectivity index (χ1n) is 10.1. The summed E-state index contributed by atoms with van der Waals surface area (Å²) in [6, 6.07) is 11.2. The number of aromatic hydroxyl groups is 1. The molecule has 1 aromatic heterocycles. The van der Waals surface area contributed by atoms with E-state index in [-0.39, 0.29) is 51.9 Å². The van der Waals surface area contributed by atoms with Crippen LogP contribution in [-0.4, -0.2) is 46.1 Å². The molecule has 1 aliphatic rings. The van der Waals surface area contributed by atoms with E-state index in [0.29, 0.717) is 17.3 Å². The first kappa shape index (κ1) is 24.3. The average Bonchev–Trinajstić information content (AvgIpc) is 3.06. The second-order valence-electron chi connectivity index (χ2n) is 7.48. The quantitative estimate of drug-likeness (QED) is 0.317. The largest absolute Gasteiger partial charge is 2.00 e. The number of aromatic nitrogens is 1. The molecule has 173 valence electrons. The Kier molecular flexibility index (Phi) is 7.12. The molecule has 9 nitrogen and oxygen atoms in total. The molecule has 1 radical (unpaired) electrons. The third-order valence-electron chi connectivity index (χ3n) is 5.63. The molecule has 0 aliphatic carbocycles. The fourth-order valence-electron chi connectivity index (χ4n) is 3.93. The van der Waals surface area contributed by atoms with Gasteiger partial charge in [-0.2, -0.15) is 0 Å². The Bertz CT molecular complexity index is 1330. The first-order valence-corrected chi connectivity index (χ1v) is 10.1. The van der Waals surface area contributed by atoms with Gasteiger partial charge in [-0.25, -0.2) is 0 Å². The number of ether oxygens (including phenoxy) is 1. The zero-order valence-electron chi connectivity index (χ0n) is 18.2. The molecular weight excluding hydrogens is 476 g/mol. The Morgan fingerprint density at radius 2 is 1.76 bits per heavy atom. The minimum atomic E-state index is -0.535. The van der Waals surface area contributed by atoms with Crippen LogP contribution >= 0.6 is 0 Å². The summed E-state index contributed by atoms with van der Waals surface area (Å²) in [6.07, 6.45) is 0.539. The van der Waals surface area contributed by atoms with E-state index in [2.05, 4.69) is 10.2 Å². The number of fused-ring (bicyclic) bond motifs is 2. The van der Waals surface area contributed by atoms with Crippen molar-refractivity contribution in [1.82, 2.24) is 9.47 Å². The van der Waals surface area contributed by atoms with Gasteiger partial charge < -0.3 is 14.4 Å². The molecule has 0 saturated carbocycles. The van der Waals surface area contributed by atoms with E-state index < -0.39 is 23.4 Å². The van der Waals surface area contributed by atoms with Crippen molar-refractivity contribution in [3.05, 3.63) is 63.9 Å². The Morgan fingerprint density at radius 3 is 2.45 bits per heavy atom. The monoisotopic (exact) mass is 497 g/mol. The van der Waals surface area contributed by atoms with E-state index in [0.717, 1.165) is 0 Å². The Hall–Kier alpha value is -3.33. The standard InChI is InChI=1S/C23H22N4O5.Cu/c1-4-13(12-32-3)27-21(29)15-9-7-10-16(18(15)22(27)30)24-25-19-20(28)14-8-5-6-11-17(14)26(2)23(19)31;/h5-11,13,28H,4,12H2,1-3H3;/q;+2. The van der Waals surface area contributed by atoms with Crippen LogP contribution < -0.4 is 5.56 Å². The van der Waals surface area contributed by atoms with Crippen molar-refractivity contribution in [3.63, 3.8) is 0 Å². The Balaban J connectivity index is 0.00000306. The van der Waals surface area contributed by atoms with E-state index >= 15 is 0 Å². The molecule has 2 aromatic carbocycles. The number of carbonyl (C=O) groups excluding carboxylic acids is 2. The number of hydrogen-bond donors (Lipinski definition) is 1. The number of azo groups is 1. The van der Waals surface area contributed by atoms with Crippen LogP contribution in [0, 0.1) is 0 Å². The maximum absolute atomic E-state index is 13.1. The van der Waals surface area contributed by atoms with E-state index in [1.165, 1.54) is 22.6 Å². The normalized spacial score (nSPS) is 14.1. The number of amides is 2. The van der Waals surface area contributed by atoms with Crippen LogP contribution in [0.1, 0.15) is 34.1 Å². The summed E-state index contributed by atoms with van der Waals surface area (Å²) in [5.74, 6) is -1.20. The second kappa shape index (κ2) is 9.66. The zero-order chi connectivity index (χ0) is 23.0. The number of para-hydroxylation sites is 1. The molecule has 1 unspecified atom stereocenters. The minimum Gasteiger partial charge on any atom is -0.505 e. The van der Waals surface area contributed by atoms with Gasteiger partial charge in [0.1, 0.15) is 0 Å². The van der Waals surface area contributed by atoms with E-state index in [1.807, 2.05) is 6.92 Å². The van der Waals surface area contributed by atoms with Crippen LogP contribution in [0.2, 0.25) is 0 Å². The fraction of sp³-hybridized carbons (Fsp3) is 0.261. The number of aryl methyl sites for hydroxylation is 1. The predicted molar refractivity (Wildman–Crippen MR) is 118 cm³/mol. The number of pyridine rings is 1. The fourth-order valence-corrected chi connectivity index (χ4v) is 3.93. The smallest absolute Gasteiger partial charge is 0.505 e. The Morgan fingerprint density at radius 1 is 1.03 bits per heavy atom. The van der Waals surface area contributed by atoms with Crippen molar-refractivity contribution in [1.29, 1.82) is 0 Å². The van der Waals surface area contributed by atoms with Gasteiger partial charge in [0.25, 0.3) is 17.4 Å². The average molecular weight is 498 g/mol. The van der Waals surface area contributed by atoms with Crippen LogP contribution in [0.25, 0.3) is 10.9 Å². The van der Waals surface area contributed by atoms with Crippen LogP contribution in [0.4, 0.5) is 11.4 Å². The molecule has 0 spiro atoms. The van der Waals surface area contributed by atoms with Gasteiger partial charge in [0.15, 0.2) is 11.4 Å². The summed E-state index contributed by atoms with van der Waals surface area (Å²) in [4.78, 5) is 39.9. The molecule has 1 N–H and O–H groups in total. The SMILES string of the molecule is CCC(COC)N1C(=O)c2cccc(N=Nc3c(O)c4ccccc4n(C)c3=O)c2C1=O.[Cu+2]. The summed E-state index contributed by atoms with van der Waals surface area (Å²) in [6.45, 7) is 2.09. The third kappa shape index (κ3) is 3.97. The summed E-state index contributed by atoms with van der Waals surface area (Å²) < 4.78 is 6.53. The third-order valence-corrected chi connectivity index (χ3v) is 5.63. The number of benzene rings is 2. The first-order chi connectivity index (χ1) is 15.4. The molecule has 0 saturated heterocycles. The second-order valence-corrected chi connectivity index (χ2v) is 7.48. The molecule has 2 heterocycles. The molecular formula is C23H22CuN4O5+2. The summed E-state index contributed by atoms with van der Waals surface area (Å²) >= 11 is 0. The van der Waals surface area contributed by atoms with Crippen molar-refractivity contribution in [2.45, 2.75) is 19.4 Å². The predicted octanol–water partition coefficient (Wildman–Crippen LogP) is 3.68. The molecule has 10 heteroatoms. The Labute approximate surface area is 200 Å². The topological polar surface area (TPSA) is 114 Å². The van der Waals surface area contributed by atoms with Gasteiger partial charge >= 0.3 is 17.1 Å². The van der Waals surface area contributed by atoms with Crippen molar-refractivity contribution in [3.8, 4) is 5.75 Å². The molecule has 1 atom stereocenters. The van der Waals surface area contributed by atoms with Gasteiger partial charge in [-0.15, -0.1) is 10.2 Å². The van der Waals surface area contributed by atoms with Gasteiger partial charge in [-0.1, -0.05) is 25.1 Å². The van der Waals surface area contributed by atoms with Crippen LogP contribution in [-0.2, 0) is 28.9 Å². The van der Waals surface area contributed by atoms with Crippen LogP contribution in [0.5, 0.6) is 5.75 Å². The van der Waals surface area contributed by atoms with E-state index in [1.54, 1.807) is 43.4 Å².